The normalized spacial score (nSPS) is 17.4. The molecule has 0 radical (unpaired) electrons. The van der Waals surface area contributed by atoms with Crippen molar-refractivity contribution in [1.82, 2.24) is 14.7 Å². The lowest BCUT2D eigenvalue weighted by atomic mass is 10.0. The van der Waals surface area contributed by atoms with Crippen molar-refractivity contribution in [3.05, 3.63) is 11.3 Å². The number of nitrogens with zero attached hydrogens (tertiary/aromatic N) is 5. The Labute approximate surface area is 115 Å². The Morgan fingerprint density at radius 1 is 1.42 bits per heavy atom. The van der Waals surface area contributed by atoms with Gasteiger partial charge in [0.2, 0.25) is 0 Å². The smallest absolute Gasteiger partial charge is 0.144 e. The third-order valence-corrected chi connectivity index (χ3v) is 4.19. The van der Waals surface area contributed by atoms with E-state index in [1.54, 1.807) is 0 Å². The van der Waals surface area contributed by atoms with Crippen molar-refractivity contribution < 1.29 is 0 Å². The van der Waals surface area contributed by atoms with Crippen LogP contribution >= 0.6 is 0 Å². The fourth-order valence-electron chi connectivity index (χ4n) is 2.98. The first kappa shape index (κ1) is 13.9. The van der Waals surface area contributed by atoms with Gasteiger partial charge in [-0.25, -0.2) is 0 Å². The van der Waals surface area contributed by atoms with Gasteiger partial charge < -0.3 is 9.80 Å². The van der Waals surface area contributed by atoms with E-state index >= 15 is 0 Å². The highest BCUT2D eigenvalue weighted by molar-refractivity contribution is 5.57. The Kier molecular flexibility index (Phi) is 4.11. The number of rotatable bonds is 3. The average Bonchev–Trinajstić information content (AvgIpc) is 2.72. The summed E-state index contributed by atoms with van der Waals surface area (Å²) in [6.45, 7) is 7.52. The average molecular weight is 261 g/mol. The first-order valence-electron chi connectivity index (χ1n) is 6.97. The lowest BCUT2D eigenvalue weighted by molar-refractivity contribution is 0.220. The molecule has 0 unspecified atom stereocenters. The van der Waals surface area contributed by atoms with Crippen LogP contribution in [-0.4, -0.2) is 47.4 Å². The summed E-state index contributed by atoms with van der Waals surface area (Å²) in [5.74, 6) is 0.954. The lowest BCUT2D eigenvalue weighted by Gasteiger charge is -2.37. The zero-order valence-corrected chi connectivity index (χ0v) is 12.3. The molecule has 104 valence electrons. The van der Waals surface area contributed by atoms with Crippen LogP contribution in [0.4, 0.5) is 5.82 Å². The molecule has 0 N–H and O–H groups in total. The molecule has 0 atom stereocenters. The van der Waals surface area contributed by atoms with E-state index in [1.165, 1.54) is 0 Å². The van der Waals surface area contributed by atoms with Gasteiger partial charge in [-0.1, -0.05) is 6.92 Å². The molecule has 1 aliphatic heterocycles. The number of likely N-dealkylation sites (tertiary alicyclic amines) is 1. The molecule has 5 heteroatoms. The van der Waals surface area contributed by atoms with E-state index in [9.17, 15) is 5.26 Å². The number of aromatic nitrogens is 2. The number of aryl methyl sites for hydroxylation is 2. The Morgan fingerprint density at radius 3 is 2.58 bits per heavy atom. The van der Waals surface area contributed by atoms with Gasteiger partial charge in [0.1, 0.15) is 17.5 Å². The van der Waals surface area contributed by atoms with E-state index in [0.29, 0.717) is 11.6 Å². The van der Waals surface area contributed by atoms with Gasteiger partial charge in [0.15, 0.2) is 0 Å². The topological polar surface area (TPSA) is 48.1 Å². The highest BCUT2D eigenvalue weighted by atomic mass is 15.4. The molecule has 1 aromatic heterocycles. The van der Waals surface area contributed by atoms with Gasteiger partial charge in [-0.05, 0) is 26.3 Å². The van der Waals surface area contributed by atoms with E-state index in [-0.39, 0.29) is 0 Å². The van der Waals surface area contributed by atoms with Crippen LogP contribution in [0.25, 0.3) is 0 Å². The SMILES string of the molecule is CCN1CCC(N(C)c2c(C#N)c(C)nn2C)CC1. The minimum Gasteiger partial charge on any atom is -0.356 e. The Morgan fingerprint density at radius 2 is 2.05 bits per heavy atom. The summed E-state index contributed by atoms with van der Waals surface area (Å²) in [6, 6.07) is 2.79. The summed E-state index contributed by atoms with van der Waals surface area (Å²) in [5.41, 5.74) is 1.53. The summed E-state index contributed by atoms with van der Waals surface area (Å²) in [5, 5.41) is 13.7. The number of anilines is 1. The third kappa shape index (κ3) is 2.59. The van der Waals surface area contributed by atoms with Crippen LogP contribution < -0.4 is 4.90 Å². The first-order chi connectivity index (χ1) is 9.08. The zero-order valence-electron chi connectivity index (χ0n) is 12.3. The molecular weight excluding hydrogens is 238 g/mol. The van der Waals surface area contributed by atoms with Crippen molar-refractivity contribution in [2.24, 2.45) is 7.05 Å². The minimum atomic E-state index is 0.504. The van der Waals surface area contributed by atoms with Crippen LogP contribution in [0.3, 0.4) is 0 Å². The van der Waals surface area contributed by atoms with Gasteiger partial charge in [0.05, 0.1) is 5.69 Å². The minimum absolute atomic E-state index is 0.504. The number of hydrogen-bond acceptors (Lipinski definition) is 4. The van der Waals surface area contributed by atoms with E-state index in [0.717, 1.165) is 44.0 Å². The molecule has 2 rings (SSSR count). The highest BCUT2D eigenvalue weighted by Gasteiger charge is 2.26. The van der Waals surface area contributed by atoms with Gasteiger partial charge in [-0.2, -0.15) is 10.4 Å². The molecule has 1 aliphatic rings. The monoisotopic (exact) mass is 261 g/mol. The highest BCUT2D eigenvalue weighted by Crippen LogP contribution is 2.26. The second-order valence-electron chi connectivity index (χ2n) is 5.30. The number of piperidine rings is 1. The second kappa shape index (κ2) is 5.62. The molecule has 0 aliphatic carbocycles. The summed E-state index contributed by atoms with van der Waals surface area (Å²) < 4.78 is 1.83. The summed E-state index contributed by atoms with van der Waals surface area (Å²) in [7, 11) is 4.00. The van der Waals surface area contributed by atoms with E-state index in [2.05, 4.69) is 34.9 Å². The van der Waals surface area contributed by atoms with Gasteiger partial charge in [0.25, 0.3) is 0 Å². The molecule has 0 saturated carbocycles. The molecule has 19 heavy (non-hydrogen) atoms. The van der Waals surface area contributed by atoms with Crippen molar-refractivity contribution >= 4 is 5.82 Å². The fourth-order valence-corrected chi connectivity index (χ4v) is 2.98. The molecule has 1 aromatic rings. The second-order valence-corrected chi connectivity index (χ2v) is 5.30. The Bertz CT molecular complexity index is 477. The first-order valence-corrected chi connectivity index (χ1v) is 6.97. The lowest BCUT2D eigenvalue weighted by Crippen LogP contribution is -2.44. The molecule has 0 aromatic carbocycles. The molecule has 0 spiro atoms. The van der Waals surface area contributed by atoms with Crippen LogP contribution in [0.2, 0.25) is 0 Å². The van der Waals surface area contributed by atoms with Crippen molar-refractivity contribution in [3.8, 4) is 6.07 Å². The summed E-state index contributed by atoms with van der Waals surface area (Å²) in [4.78, 5) is 4.72. The van der Waals surface area contributed by atoms with Crippen molar-refractivity contribution in [1.29, 1.82) is 5.26 Å². The van der Waals surface area contributed by atoms with Gasteiger partial charge >= 0.3 is 0 Å². The maximum absolute atomic E-state index is 9.30. The molecular formula is C14H23N5. The Hall–Kier alpha value is -1.54. The van der Waals surface area contributed by atoms with E-state index < -0.39 is 0 Å². The van der Waals surface area contributed by atoms with E-state index in [1.807, 2.05) is 18.7 Å². The molecule has 5 nitrogen and oxygen atoms in total. The number of hydrogen-bond donors (Lipinski definition) is 0. The molecule has 0 bridgehead atoms. The maximum atomic E-state index is 9.30. The van der Waals surface area contributed by atoms with Gasteiger partial charge in [-0.3, -0.25) is 4.68 Å². The predicted molar refractivity (Wildman–Crippen MR) is 76.2 cm³/mol. The third-order valence-electron chi connectivity index (χ3n) is 4.19. The van der Waals surface area contributed by atoms with E-state index in [4.69, 9.17) is 0 Å². The van der Waals surface area contributed by atoms with Crippen LogP contribution in [0.1, 0.15) is 31.0 Å². The standard InChI is InChI=1S/C14H23N5/c1-5-19-8-6-12(7-9-19)17(3)14-13(10-15)11(2)16-18(14)4/h12H,5-9H2,1-4H3. The van der Waals surface area contributed by atoms with Crippen LogP contribution in [0.15, 0.2) is 0 Å². The molecule has 0 amide bonds. The van der Waals surface area contributed by atoms with Crippen LogP contribution in [-0.2, 0) is 7.05 Å². The van der Waals surface area contributed by atoms with Gasteiger partial charge in [0, 0.05) is 33.2 Å². The van der Waals surface area contributed by atoms with Crippen molar-refractivity contribution in [2.45, 2.75) is 32.7 Å². The molecule has 2 heterocycles. The molecule has 1 fully saturated rings. The van der Waals surface area contributed by atoms with Crippen LogP contribution in [0.5, 0.6) is 0 Å². The van der Waals surface area contributed by atoms with Crippen LogP contribution in [0, 0.1) is 18.3 Å². The zero-order chi connectivity index (χ0) is 14.0. The quantitative estimate of drug-likeness (QED) is 0.827. The maximum Gasteiger partial charge on any atom is 0.144 e. The fraction of sp³-hybridized carbons (Fsp3) is 0.714. The largest absolute Gasteiger partial charge is 0.356 e. The van der Waals surface area contributed by atoms with Crippen molar-refractivity contribution in [2.75, 3.05) is 31.6 Å². The van der Waals surface area contributed by atoms with Gasteiger partial charge in [-0.15, -0.1) is 0 Å². The van der Waals surface area contributed by atoms with Crippen molar-refractivity contribution in [3.63, 3.8) is 0 Å². The summed E-state index contributed by atoms with van der Waals surface area (Å²) in [6.07, 6.45) is 2.30. The molecule has 1 saturated heterocycles. The summed E-state index contributed by atoms with van der Waals surface area (Å²) >= 11 is 0. The number of nitriles is 1. The predicted octanol–water partition coefficient (Wildman–Crippen LogP) is 1.52. The Balaban J connectivity index is 2.17.